The first-order valence-electron chi connectivity index (χ1n) is 9.53. The number of pyridine rings is 1. The quantitative estimate of drug-likeness (QED) is 0.538. The monoisotopic (exact) mass is 413 g/mol. The van der Waals surface area contributed by atoms with Gasteiger partial charge in [0.15, 0.2) is 17.3 Å². The summed E-state index contributed by atoms with van der Waals surface area (Å²) in [5.41, 5.74) is 3.65. The molecule has 0 atom stereocenters. The van der Waals surface area contributed by atoms with Crippen LogP contribution in [0.3, 0.4) is 0 Å². The SMILES string of the molecule is Cc1cn2cc(Nc3nn(C)c4cc(N5CCNCC5)cc(Cl)c34)cc(F)c2n1. The molecule has 2 N–H and O–H groups in total. The van der Waals surface area contributed by atoms with Crippen LogP contribution >= 0.6 is 11.6 Å². The summed E-state index contributed by atoms with van der Waals surface area (Å²) in [4.78, 5) is 6.51. The molecule has 9 heteroatoms. The van der Waals surface area contributed by atoms with E-state index in [4.69, 9.17) is 11.6 Å². The van der Waals surface area contributed by atoms with Crippen LogP contribution in [-0.4, -0.2) is 45.3 Å². The van der Waals surface area contributed by atoms with Crippen molar-refractivity contribution in [2.75, 3.05) is 36.4 Å². The molecule has 5 rings (SSSR count). The fourth-order valence-corrected chi connectivity index (χ4v) is 4.20. The lowest BCUT2D eigenvalue weighted by molar-refractivity contribution is 0.589. The molecule has 7 nitrogen and oxygen atoms in total. The molecule has 1 saturated heterocycles. The van der Waals surface area contributed by atoms with Gasteiger partial charge in [-0.1, -0.05) is 11.6 Å². The van der Waals surface area contributed by atoms with Crippen molar-refractivity contribution in [3.63, 3.8) is 0 Å². The van der Waals surface area contributed by atoms with E-state index in [-0.39, 0.29) is 0 Å². The molecule has 4 heterocycles. The summed E-state index contributed by atoms with van der Waals surface area (Å²) in [6.45, 7) is 5.62. The molecule has 3 aromatic heterocycles. The molecule has 0 bridgehead atoms. The predicted octanol–water partition coefficient (Wildman–Crippen LogP) is 3.48. The van der Waals surface area contributed by atoms with Crippen LogP contribution in [0.2, 0.25) is 5.02 Å². The maximum absolute atomic E-state index is 14.4. The van der Waals surface area contributed by atoms with Crippen LogP contribution in [0, 0.1) is 12.7 Å². The van der Waals surface area contributed by atoms with Gasteiger partial charge in [-0.25, -0.2) is 9.37 Å². The first kappa shape index (κ1) is 18.2. The second kappa shape index (κ2) is 6.89. The number of hydrogen-bond acceptors (Lipinski definition) is 5. The number of halogens is 2. The molecule has 4 aromatic rings. The number of anilines is 3. The molecule has 0 aliphatic carbocycles. The van der Waals surface area contributed by atoms with Crippen molar-refractivity contribution in [3.8, 4) is 0 Å². The van der Waals surface area contributed by atoms with Crippen LogP contribution in [-0.2, 0) is 7.05 Å². The summed E-state index contributed by atoms with van der Waals surface area (Å²) < 4.78 is 17.9. The Morgan fingerprint density at radius 3 is 2.76 bits per heavy atom. The van der Waals surface area contributed by atoms with E-state index >= 15 is 0 Å². The standard InChI is InChI=1S/C20H21ClFN7/c1-12-10-29-11-13(7-16(22)20(29)24-12)25-19-18-15(21)8-14(9-17(18)27(2)26-19)28-5-3-23-4-6-28/h7-11,23H,3-6H2,1-2H3,(H,25,26). The van der Waals surface area contributed by atoms with Gasteiger partial charge in [-0.3, -0.25) is 4.68 Å². The number of imidazole rings is 1. The van der Waals surface area contributed by atoms with Crippen LogP contribution < -0.4 is 15.5 Å². The van der Waals surface area contributed by atoms with Crippen molar-refractivity contribution in [1.82, 2.24) is 24.5 Å². The van der Waals surface area contributed by atoms with E-state index in [1.165, 1.54) is 6.07 Å². The number of aromatic nitrogens is 4. The molecule has 0 unspecified atom stereocenters. The molecular formula is C20H21ClFN7. The number of nitrogens with zero attached hydrogens (tertiary/aromatic N) is 5. The largest absolute Gasteiger partial charge is 0.369 e. The van der Waals surface area contributed by atoms with Gasteiger partial charge in [-0.05, 0) is 19.1 Å². The van der Waals surface area contributed by atoms with Gasteiger partial charge in [0.2, 0.25) is 0 Å². The van der Waals surface area contributed by atoms with Gasteiger partial charge in [0.05, 0.1) is 27.3 Å². The van der Waals surface area contributed by atoms with Crippen LogP contribution in [0.15, 0.2) is 30.6 Å². The molecule has 0 spiro atoms. The number of rotatable bonds is 3. The number of fused-ring (bicyclic) bond motifs is 2. The minimum atomic E-state index is -0.393. The van der Waals surface area contributed by atoms with E-state index in [0.717, 1.165) is 48.5 Å². The van der Waals surface area contributed by atoms with Crippen molar-refractivity contribution in [3.05, 3.63) is 47.1 Å². The zero-order valence-electron chi connectivity index (χ0n) is 16.2. The second-order valence-electron chi connectivity index (χ2n) is 7.35. The van der Waals surface area contributed by atoms with Crippen LogP contribution in [0.1, 0.15) is 5.69 Å². The number of hydrogen-bond donors (Lipinski definition) is 2. The van der Waals surface area contributed by atoms with Gasteiger partial charge in [0.25, 0.3) is 0 Å². The maximum Gasteiger partial charge on any atom is 0.173 e. The molecule has 0 radical (unpaired) electrons. The minimum Gasteiger partial charge on any atom is -0.369 e. The molecule has 0 amide bonds. The van der Waals surface area contributed by atoms with E-state index in [9.17, 15) is 4.39 Å². The third-order valence-electron chi connectivity index (χ3n) is 5.26. The van der Waals surface area contributed by atoms with E-state index in [0.29, 0.717) is 22.2 Å². The third kappa shape index (κ3) is 3.18. The first-order chi connectivity index (χ1) is 14.0. The molecule has 1 aliphatic rings. The highest BCUT2D eigenvalue weighted by Crippen LogP contribution is 2.36. The summed E-state index contributed by atoms with van der Waals surface area (Å²) in [6, 6.07) is 5.50. The Bertz CT molecular complexity index is 1220. The van der Waals surface area contributed by atoms with E-state index < -0.39 is 5.82 Å². The Morgan fingerprint density at radius 2 is 1.97 bits per heavy atom. The zero-order chi connectivity index (χ0) is 20.1. The number of aryl methyl sites for hydroxylation is 2. The van der Waals surface area contributed by atoms with E-state index in [2.05, 4.69) is 31.7 Å². The van der Waals surface area contributed by atoms with Crippen molar-refractivity contribution in [2.45, 2.75) is 6.92 Å². The minimum absolute atomic E-state index is 0.303. The fourth-order valence-electron chi connectivity index (χ4n) is 3.90. The lowest BCUT2D eigenvalue weighted by Gasteiger charge is -2.29. The van der Waals surface area contributed by atoms with Gasteiger partial charge in [-0.2, -0.15) is 5.10 Å². The van der Waals surface area contributed by atoms with Gasteiger partial charge < -0.3 is 19.9 Å². The van der Waals surface area contributed by atoms with Gasteiger partial charge >= 0.3 is 0 Å². The van der Waals surface area contributed by atoms with Crippen molar-refractivity contribution in [1.29, 1.82) is 0 Å². The molecule has 150 valence electrons. The van der Waals surface area contributed by atoms with Crippen LogP contribution in [0.5, 0.6) is 0 Å². The Morgan fingerprint density at radius 1 is 1.17 bits per heavy atom. The van der Waals surface area contributed by atoms with Crippen molar-refractivity contribution >= 4 is 45.3 Å². The van der Waals surface area contributed by atoms with Crippen LogP contribution in [0.25, 0.3) is 16.6 Å². The third-order valence-corrected chi connectivity index (χ3v) is 5.56. The Balaban J connectivity index is 1.55. The molecule has 1 fully saturated rings. The highest BCUT2D eigenvalue weighted by atomic mass is 35.5. The average molecular weight is 414 g/mol. The fraction of sp³-hybridized carbons (Fsp3) is 0.300. The normalized spacial score (nSPS) is 14.8. The summed E-state index contributed by atoms with van der Waals surface area (Å²) >= 11 is 6.67. The van der Waals surface area contributed by atoms with Gasteiger partial charge in [0.1, 0.15) is 0 Å². The molecule has 0 saturated carbocycles. The first-order valence-corrected chi connectivity index (χ1v) is 9.91. The van der Waals surface area contributed by atoms with Gasteiger partial charge in [0, 0.05) is 57.4 Å². The number of nitrogens with one attached hydrogen (secondary N) is 2. The summed E-state index contributed by atoms with van der Waals surface area (Å²) in [7, 11) is 1.88. The lowest BCUT2D eigenvalue weighted by Crippen LogP contribution is -2.43. The molecular weight excluding hydrogens is 393 g/mol. The van der Waals surface area contributed by atoms with Crippen LogP contribution in [0.4, 0.5) is 21.6 Å². The lowest BCUT2D eigenvalue weighted by atomic mass is 10.2. The summed E-state index contributed by atoms with van der Waals surface area (Å²) in [6.07, 6.45) is 3.58. The predicted molar refractivity (Wildman–Crippen MR) is 114 cm³/mol. The summed E-state index contributed by atoms with van der Waals surface area (Å²) in [5, 5.41) is 12.6. The summed E-state index contributed by atoms with van der Waals surface area (Å²) in [5.74, 6) is 0.199. The molecule has 29 heavy (non-hydrogen) atoms. The number of piperazine rings is 1. The average Bonchev–Trinajstić information content (AvgIpc) is 3.22. The maximum atomic E-state index is 14.4. The smallest absolute Gasteiger partial charge is 0.173 e. The topological polar surface area (TPSA) is 62.4 Å². The Kier molecular flexibility index (Phi) is 4.33. The zero-order valence-corrected chi connectivity index (χ0v) is 17.0. The Labute approximate surface area is 172 Å². The van der Waals surface area contributed by atoms with Gasteiger partial charge in [-0.15, -0.1) is 0 Å². The molecule has 1 aliphatic heterocycles. The van der Waals surface area contributed by atoms with E-state index in [1.807, 2.05) is 20.0 Å². The van der Waals surface area contributed by atoms with E-state index in [1.54, 1.807) is 21.5 Å². The Hall–Kier alpha value is -2.84. The highest BCUT2D eigenvalue weighted by Gasteiger charge is 2.18. The van der Waals surface area contributed by atoms with Crippen molar-refractivity contribution < 1.29 is 4.39 Å². The number of benzene rings is 1. The van der Waals surface area contributed by atoms with Crippen molar-refractivity contribution in [2.24, 2.45) is 7.05 Å². The molecule has 1 aromatic carbocycles. The highest BCUT2D eigenvalue weighted by molar-refractivity contribution is 6.37. The second-order valence-corrected chi connectivity index (χ2v) is 7.75.